The second-order valence-electron chi connectivity index (χ2n) is 8.87. The maximum atomic E-state index is 12.8. The van der Waals surface area contributed by atoms with E-state index >= 15 is 0 Å². The van der Waals surface area contributed by atoms with Crippen LogP contribution >= 0.6 is 11.6 Å². The van der Waals surface area contributed by atoms with Gasteiger partial charge >= 0.3 is 12.1 Å². The van der Waals surface area contributed by atoms with Crippen molar-refractivity contribution in [3.8, 4) is 5.75 Å². The zero-order chi connectivity index (χ0) is 26.4. The van der Waals surface area contributed by atoms with E-state index in [1.54, 1.807) is 18.2 Å². The second-order valence-corrected chi connectivity index (χ2v) is 9.31. The molecule has 1 heterocycles. The highest BCUT2D eigenvalue weighted by Gasteiger charge is 2.22. The summed E-state index contributed by atoms with van der Waals surface area (Å²) in [5, 5.41) is 9.20. The minimum Gasteiger partial charge on any atom is -0.492 e. The molecule has 0 bridgehead atoms. The number of ether oxygens (including phenoxy) is 1. The predicted molar refractivity (Wildman–Crippen MR) is 150 cm³/mol. The lowest BCUT2D eigenvalue weighted by molar-refractivity contribution is 0.208. The van der Waals surface area contributed by atoms with Crippen LogP contribution in [0.5, 0.6) is 5.75 Å². The van der Waals surface area contributed by atoms with Gasteiger partial charge < -0.3 is 30.5 Å². The number of aryl methyl sites for hydroxylation is 2. The van der Waals surface area contributed by atoms with Crippen LogP contribution in [0.1, 0.15) is 18.1 Å². The third-order valence-electron chi connectivity index (χ3n) is 6.26. The first-order valence-corrected chi connectivity index (χ1v) is 12.7. The molecule has 0 saturated carbocycles. The number of hydrogen-bond acceptors (Lipinski definition) is 4. The Morgan fingerprint density at radius 2 is 1.57 bits per heavy atom. The van der Waals surface area contributed by atoms with Gasteiger partial charge in [-0.1, -0.05) is 29.8 Å². The fourth-order valence-electron chi connectivity index (χ4n) is 4.29. The summed E-state index contributed by atoms with van der Waals surface area (Å²) < 4.78 is 5.55. The number of para-hydroxylation sites is 1. The van der Waals surface area contributed by atoms with Crippen LogP contribution in [-0.4, -0.2) is 49.7 Å². The Labute approximate surface area is 222 Å². The number of carbonyl (C=O) groups excluding carboxylic acids is 2. The first kappa shape index (κ1) is 26.2. The van der Waals surface area contributed by atoms with Crippen LogP contribution in [-0.2, 0) is 0 Å². The second kappa shape index (κ2) is 11.9. The molecule has 0 spiro atoms. The third kappa shape index (κ3) is 6.65. The summed E-state index contributed by atoms with van der Waals surface area (Å²) in [5.74, 6) is 0.555. The Bertz CT molecular complexity index is 1240. The Balaban J connectivity index is 1.29. The average molecular weight is 522 g/mol. The van der Waals surface area contributed by atoms with Gasteiger partial charge in [-0.3, -0.25) is 0 Å². The molecule has 1 fully saturated rings. The molecule has 4 amide bonds. The summed E-state index contributed by atoms with van der Waals surface area (Å²) in [4.78, 5) is 29.4. The number of hydrogen-bond donors (Lipinski definition) is 3. The molecule has 8 nitrogen and oxygen atoms in total. The van der Waals surface area contributed by atoms with Gasteiger partial charge in [-0.25, -0.2) is 9.59 Å². The molecule has 3 aromatic carbocycles. The summed E-state index contributed by atoms with van der Waals surface area (Å²) in [6.45, 7) is 9.05. The van der Waals surface area contributed by atoms with Gasteiger partial charge in [0.05, 0.1) is 12.3 Å². The highest BCUT2D eigenvalue weighted by atomic mass is 35.5. The van der Waals surface area contributed by atoms with E-state index in [0.29, 0.717) is 41.8 Å². The third-order valence-corrected chi connectivity index (χ3v) is 6.50. The lowest BCUT2D eigenvalue weighted by atomic mass is 10.1. The van der Waals surface area contributed by atoms with Crippen molar-refractivity contribution in [1.82, 2.24) is 4.90 Å². The van der Waals surface area contributed by atoms with E-state index in [9.17, 15) is 9.59 Å². The van der Waals surface area contributed by atoms with E-state index in [1.165, 1.54) is 0 Å². The SMILES string of the molecule is CCOc1ccc(Cl)cc1NC(=O)Nc1ccc(N2CCN(C(=O)Nc3c(C)cccc3C)CC2)cc1. The lowest BCUT2D eigenvalue weighted by Gasteiger charge is -2.36. The molecule has 0 atom stereocenters. The van der Waals surface area contributed by atoms with Gasteiger partial charge in [0.1, 0.15) is 5.75 Å². The number of piperazine rings is 1. The van der Waals surface area contributed by atoms with Crippen LogP contribution in [0.25, 0.3) is 0 Å². The standard InChI is InChI=1S/C28H32ClN5O3/c1-4-37-25-13-8-21(29)18-24(25)31-27(35)30-22-9-11-23(12-10-22)33-14-16-34(17-15-33)28(36)32-26-19(2)6-5-7-20(26)3/h5-13,18H,4,14-17H2,1-3H3,(H,32,36)(H2,30,31,35). The van der Waals surface area contributed by atoms with Crippen LogP contribution in [0.2, 0.25) is 5.02 Å². The molecule has 0 unspecified atom stereocenters. The molecule has 1 aliphatic heterocycles. The monoisotopic (exact) mass is 521 g/mol. The summed E-state index contributed by atoms with van der Waals surface area (Å²) in [6.07, 6.45) is 0. The molecule has 0 aromatic heterocycles. The van der Waals surface area contributed by atoms with Crippen LogP contribution in [0.4, 0.5) is 32.3 Å². The summed E-state index contributed by atoms with van der Waals surface area (Å²) in [7, 11) is 0. The summed E-state index contributed by atoms with van der Waals surface area (Å²) in [6, 6.07) is 18.3. The van der Waals surface area contributed by atoms with Crippen molar-refractivity contribution in [3.63, 3.8) is 0 Å². The number of nitrogens with one attached hydrogen (secondary N) is 3. The van der Waals surface area contributed by atoms with Crippen molar-refractivity contribution in [1.29, 1.82) is 0 Å². The van der Waals surface area contributed by atoms with Crippen molar-refractivity contribution in [3.05, 3.63) is 76.8 Å². The van der Waals surface area contributed by atoms with Crippen molar-refractivity contribution < 1.29 is 14.3 Å². The number of carbonyl (C=O) groups is 2. The number of benzene rings is 3. The zero-order valence-electron chi connectivity index (χ0n) is 21.3. The number of nitrogens with zero attached hydrogens (tertiary/aromatic N) is 2. The zero-order valence-corrected chi connectivity index (χ0v) is 22.1. The minimum atomic E-state index is -0.389. The molecular weight excluding hydrogens is 490 g/mol. The maximum Gasteiger partial charge on any atom is 0.323 e. The van der Waals surface area contributed by atoms with Crippen molar-refractivity contribution in [2.75, 3.05) is 53.6 Å². The average Bonchev–Trinajstić information content (AvgIpc) is 2.88. The quantitative estimate of drug-likeness (QED) is 0.352. The lowest BCUT2D eigenvalue weighted by Crippen LogP contribution is -2.50. The van der Waals surface area contributed by atoms with E-state index in [4.69, 9.17) is 16.3 Å². The van der Waals surface area contributed by atoms with E-state index in [1.807, 2.05) is 68.1 Å². The molecule has 194 valence electrons. The van der Waals surface area contributed by atoms with Gasteiger partial charge in [-0.05, 0) is 74.4 Å². The van der Waals surface area contributed by atoms with Crippen LogP contribution in [0, 0.1) is 13.8 Å². The van der Waals surface area contributed by atoms with E-state index in [-0.39, 0.29) is 12.1 Å². The smallest absolute Gasteiger partial charge is 0.323 e. The topological polar surface area (TPSA) is 85.9 Å². The fourth-order valence-corrected chi connectivity index (χ4v) is 4.46. The van der Waals surface area contributed by atoms with Gasteiger partial charge in [0.25, 0.3) is 0 Å². The van der Waals surface area contributed by atoms with Gasteiger partial charge in [0.15, 0.2) is 0 Å². The van der Waals surface area contributed by atoms with Gasteiger partial charge in [0.2, 0.25) is 0 Å². The van der Waals surface area contributed by atoms with E-state index < -0.39 is 0 Å². The molecule has 37 heavy (non-hydrogen) atoms. The number of halogens is 1. The Hall–Kier alpha value is -3.91. The van der Waals surface area contributed by atoms with Gasteiger partial charge in [-0.15, -0.1) is 0 Å². The Morgan fingerprint density at radius 3 is 2.22 bits per heavy atom. The van der Waals surface area contributed by atoms with Crippen molar-refractivity contribution in [2.24, 2.45) is 0 Å². The Kier molecular flexibility index (Phi) is 8.40. The largest absolute Gasteiger partial charge is 0.492 e. The van der Waals surface area contributed by atoms with Crippen molar-refractivity contribution in [2.45, 2.75) is 20.8 Å². The molecule has 1 aliphatic rings. The normalized spacial score (nSPS) is 13.2. The molecule has 1 saturated heterocycles. The molecular formula is C28H32ClN5O3. The van der Waals surface area contributed by atoms with Crippen LogP contribution in [0.15, 0.2) is 60.7 Å². The number of urea groups is 2. The van der Waals surface area contributed by atoms with Crippen LogP contribution < -0.4 is 25.6 Å². The Morgan fingerprint density at radius 1 is 0.892 bits per heavy atom. The highest BCUT2D eigenvalue weighted by molar-refractivity contribution is 6.31. The van der Waals surface area contributed by atoms with Gasteiger partial charge in [-0.2, -0.15) is 0 Å². The molecule has 4 rings (SSSR count). The predicted octanol–water partition coefficient (Wildman–Crippen LogP) is 6.35. The molecule has 9 heteroatoms. The summed E-state index contributed by atoms with van der Waals surface area (Å²) >= 11 is 6.07. The highest BCUT2D eigenvalue weighted by Crippen LogP contribution is 2.28. The minimum absolute atomic E-state index is 0.0743. The summed E-state index contributed by atoms with van der Waals surface area (Å²) in [5.41, 5.74) is 5.19. The number of rotatable bonds is 6. The first-order valence-electron chi connectivity index (χ1n) is 12.3. The number of amides is 4. The number of anilines is 4. The fraction of sp³-hybridized carbons (Fsp3) is 0.286. The molecule has 3 N–H and O–H groups in total. The van der Waals surface area contributed by atoms with Gasteiger partial charge in [0, 0.05) is 48.3 Å². The van der Waals surface area contributed by atoms with Crippen molar-refractivity contribution >= 4 is 46.4 Å². The van der Waals surface area contributed by atoms with E-state index in [2.05, 4.69) is 20.9 Å². The first-order chi connectivity index (χ1) is 17.8. The maximum absolute atomic E-state index is 12.8. The molecule has 0 radical (unpaired) electrons. The molecule has 0 aliphatic carbocycles. The molecule has 3 aromatic rings. The van der Waals surface area contributed by atoms with E-state index in [0.717, 1.165) is 35.6 Å². The van der Waals surface area contributed by atoms with Crippen LogP contribution in [0.3, 0.4) is 0 Å².